The quantitative estimate of drug-likeness (QED) is 0.535. The van der Waals surface area contributed by atoms with Crippen LogP contribution in [0.15, 0.2) is 22.7 Å². The maximum Gasteiger partial charge on any atom is 0.414 e. The van der Waals surface area contributed by atoms with Crippen molar-refractivity contribution in [3.63, 3.8) is 0 Å². The number of aliphatic carboxylic acids is 2. The Bertz CT molecular complexity index is 504. The zero-order chi connectivity index (χ0) is 17.3. The fraction of sp³-hybridized carbons (Fsp3) is 0.429. The summed E-state index contributed by atoms with van der Waals surface area (Å²) in [5.41, 5.74) is 0.126. The van der Waals surface area contributed by atoms with E-state index >= 15 is 0 Å². The van der Waals surface area contributed by atoms with E-state index in [0.29, 0.717) is 11.6 Å². The van der Waals surface area contributed by atoms with Crippen LogP contribution in [0.2, 0.25) is 5.02 Å². The molecule has 1 aromatic rings. The minimum Gasteiger partial charge on any atom is -0.491 e. The highest BCUT2D eigenvalue weighted by molar-refractivity contribution is 9.10. The third kappa shape index (κ3) is 10.4. The predicted molar refractivity (Wildman–Crippen MR) is 87.7 cm³/mol. The number of halogens is 2. The zero-order valence-corrected chi connectivity index (χ0v) is 14.9. The number of nitrogens with one attached hydrogen (secondary N) is 1. The van der Waals surface area contributed by atoms with Crippen LogP contribution in [0.5, 0.6) is 5.75 Å². The summed E-state index contributed by atoms with van der Waals surface area (Å²) in [7, 11) is 0. The van der Waals surface area contributed by atoms with Crippen molar-refractivity contribution in [3.8, 4) is 5.75 Å². The molecule has 0 fully saturated rings. The molecule has 0 atom stereocenters. The SMILES string of the molecule is CC(C)(C)NCCOc1ccc(Cl)cc1Br.O=C(O)C(=O)O. The Hall–Kier alpha value is -1.31. The molecule has 124 valence electrons. The number of carbonyl (C=O) groups is 2. The van der Waals surface area contributed by atoms with Crippen molar-refractivity contribution in [1.82, 2.24) is 5.32 Å². The third-order valence-electron chi connectivity index (χ3n) is 2.09. The van der Waals surface area contributed by atoms with Crippen molar-refractivity contribution in [1.29, 1.82) is 0 Å². The number of carboxylic acid groups (broad SMARTS) is 2. The van der Waals surface area contributed by atoms with E-state index in [4.69, 9.17) is 36.1 Å². The van der Waals surface area contributed by atoms with Crippen LogP contribution in [0, 0.1) is 0 Å². The average Bonchev–Trinajstić information content (AvgIpc) is 2.36. The first-order chi connectivity index (χ1) is 10.0. The number of rotatable bonds is 4. The molecule has 0 unspecified atom stereocenters. The van der Waals surface area contributed by atoms with Gasteiger partial charge in [0.2, 0.25) is 0 Å². The number of ether oxygens (including phenoxy) is 1. The molecule has 1 aromatic carbocycles. The summed E-state index contributed by atoms with van der Waals surface area (Å²) in [6, 6.07) is 5.51. The van der Waals surface area contributed by atoms with Crippen LogP contribution in [0.4, 0.5) is 0 Å². The predicted octanol–water partition coefficient (Wildman–Crippen LogP) is 3.03. The Balaban J connectivity index is 0.000000626. The molecule has 0 spiro atoms. The normalized spacial score (nSPS) is 10.4. The van der Waals surface area contributed by atoms with Crippen LogP contribution in [0.1, 0.15) is 20.8 Å². The lowest BCUT2D eigenvalue weighted by atomic mass is 10.1. The summed E-state index contributed by atoms with van der Waals surface area (Å²) in [6.45, 7) is 7.84. The van der Waals surface area contributed by atoms with Crippen molar-refractivity contribution >= 4 is 39.5 Å². The van der Waals surface area contributed by atoms with Crippen molar-refractivity contribution < 1.29 is 24.5 Å². The van der Waals surface area contributed by atoms with E-state index in [1.807, 2.05) is 18.2 Å². The molecule has 0 aliphatic rings. The number of carboxylic acids is 2. The van der Waals surface area contributed by atoms with Crippen molar-refractivity contribution in [2.75, 3.05) is 13.2 Å². The maximum atomic E-state index is 9.10. The standard InChI is InChI=1S/C12H17BrClNO.C2H2O4/c1-12(2,3)15-6-7-16-11-5-4-9(14)8-10(11)13;3-1(4)2(5)6/h4-5,8,15H,6-7H2,1-3H3;(H,3,4)(H,5,6). The van der Waals surface area contributed by atoms with Gasteiger partial charge in [0.25, 0.3) is 0 Å². The largest absolute Gasteiger partial charge is 0.491 e. The van der Waals surface area contributed by atoms with Gasteiger partial charge >= 0.3 is 11.9 Å². The monoisotopic (exact) mass is 395 g/mol. The molecule has 0 saturated heterocycles. The highest BCUT2D eigenvalue weighted by Crippen LogP contribution is 2.27. The number of hydrogen-bond acceptors (Lipinski definition) is 4. The summed E-state index contributed by atoms with van der Waals surface area (Å²) >= 11 is 9.25. The van der Waals surface area contributed by atoms with Gasteiger partial charge in [0.1, 0.15) is 12.4 Å². The van der Waals surface area contributed by atoms with Crippen molar-refractivity contribution in [2.45, 2.75) is 26.3 Å². The van der Waals surface area contributed by atoms with Crippen molar-refractivity contribution in [3.05, 3.63) is 27.7 Å². The molecule has 0 saturated carbocycles. The highest BCUT2D eigenvalue weighted by atomic mass is 79.9. The van der Waals surface area contributed by atoms with Gasteiger partial charge in [-0.25, -0.2) is 9.59 Å². The van der Waals surface area contributed by atoms with Crippen LogP contribution in [-0.2, 0) is 9.59 Å². The summed E-state index contributed by atoms with van der Waals surface area (Å²) < 4.78 is 6.50. The Morgan fingerprint density at radius 3 is 2.23 bits per heavy atom. The van der Waals surface area contributed by atoms with Crippen LogP contribution in [0.3, 0.4) is 0 Å². The smallest absolute Gasteiger partial charge is 0.414 e. The second-order valence-corrected chi connectivity index (χ2v) is 6.50. The molecule has 3 N–H and O–H groups in total. The Morgan fingerprint density at radius 1 is 1.27 bits per heavy atom. The minimum atomic E-state index is -1.82. The van der Waals surface area contributed by atoms with Gasteiger partial charge in [-0.3, -0.25) is 0 Å². The lowest BCUT2D eigenvalue weighted by Crippen LogP contribution is -2.38. The molecule has 1 rings (SSSR count). The van der Waals surface area contributed by atoms with Gasteiger partial charge in [-0.15, -0.1) is 0 Å². The molecule has 0 aromatic heterocycles. The average molecular weight is 397 g/mol. The number of benzene rings is 1. The first-order valence-electron chi connectivity index (χ1n) is 6.32. The van der Waals surface area contributed by atoms with E-state index in [-0.39, 0.29) is 5.54 Å². The summed E-state index contributed by atoms with van der Waals surface area (Å²) in [5, 5.41) is 18.8. The molecule has 0 aliphatic heterocycles. The van der Waals surface area contributed by atoms with Crippen molar-refractivity contribution in [2.24, 2.45) is 0 Å². The summed E-state index contributed by atoms with van der Waals surface area (Å²) in [4.78, 5) is 18.2. The Labute approximate surface area is 142 Å². The highest BCUT2D eigenvalue weighted by Gasteiger charge is 2.08. The maximum absolute atomic E-state index is 9.10. The van der Waals surface area contributed by atoms with E-state index in [9.17, 15) is 0 Å². The van der Waals surface area contributed by atoms with E-state index in [1.165, 1.54) is 0 Å². The molecule has 0 radical (unpaired) electrons. The van der Waals surface area contributed by atoms with Crippen LogP contribution < -0.4 is 10.1 Å². The van der Waals surface area contributed by atoms with Crippen LogP contribution in [-0.4, -0.2) is 40.8 Å². The summed E-state index contributed by atoms with van der Waals surface area (Å²) in [6.07, 6.45) is 0. The minimum absolute atomic E-state index is 0.126. The number of hydrogen-bond donors (Lipinski definition) is 3. The molecule has 0 bridgehead atoms. The van der Waals surface area contributed by atoms with Gasteiger partial charge < -0.3 is 20.3 Å². The molecular formula is C14H19BrClNO5. The van der Waals surface area contributed by atoms with Gasteiger partial charge in [0, 0.05) is 17.1 Å². The lowest BCUT2D eigenvalue weighted by Gasteiger charge is -2.20. The van der Waals surface area contributed by atoms with Gasteiger partial charge in [-0.05, 0) is 54.9 Å². The van der Waals surface area contributed by atoms with Gasteiger partial charge in [-0.2, -0.15) is 0 Å². The molecule has 22 heavy (non-hydrogen) atoms. The Morgan fingerprint density at radius 2 is 1.82 bits per heavy atom. The fourth-order valence-corrected chi connectivity index (χ4v) is 1.98. The topological polar surface area (TPSA) is 95.9 Å². The summed E-state index contributed by atoms with van der Waals surface area (Å²) in [5.74, 6) is -2.83. The molecule has 0 amide bonds. The first kappa shape index (κ1) is 20.7. The molecule has 0 heterocycles. The molecule has 8 heteroatoms. The first-order valence-corrected chi connectivity index (χ1v) is 7.49. The van der Waals surface area contributed by atoms with E-state index in [0.717, 1.165) is 16.8 Å². The molecular weight excluding hydrogens is 378 g/mol. The third-order valence-corrected chi connectivity index (χ3v) is 2.95. The van der Waals surface area contributed by atoms with E-state index < -0.39 is 11.9 Å². The molecule has 0 aliphatic carbocycles. The van der Waals surface area contributed by atoms with Gasteiger partial charge in [0.05, 0.1) is 4.47 Å². The zero-order valence-electron chi connectivity index (χ0n) is 12.5. The van der Waals surface area contributed by atoms with Crippen LogP contribution in [0.25, 0.3) is 0 Å². The van der Waals surface area contributed by atoms with E-state index in [2.05, 4.69) is 42.0 Å². The Kier molecular flexibility index (Phi) is 9.08. The van der Waals surface area contributed by atoms with E-state index in [1.54, 1.807) is 0 Å². The second-order valence-electron chi connectivity index (χ2n) is 5.21. The fourth-order valence-electron chi connectivity index (χ4n) is 1.18. The lowest BCUT2D eigenvalue weighted by molar-refractivity contribution is -0.159. The second kappa shape index (κ2) is 9.66. The van der Waals surface area contributed by atoms with Gasteiger partial charge in [0.15, 0.2) is 0 Å². The molecule has 6 nitrogen and oxygen atoms in total. The van der Waals surface area contributed by atoms with Crippen LogP contribution >= 0.6 is 27.5 Å². The van der Waals surface area contributed by atoms with Gasteiger partial charge in [-0.1, -0.05) is 11.6 Å².